The molecule has 0 aliphatic heterocycles. The minimum Gasteiger partial charge on any atom is -2.00 e. The molecule has 0 bridgehead atoms. The zero-order valence-electron chi connectivity index (χ0n) is 5.84. The van der Waals surface area contributed by atoms with Crippen molar-refractivity contribution in [2.45, 2.75) is 20.3 Å². The summed E-state index contributed by atoms with van der Waals surface area (Å²) >= 11 is 0. The summed E-state index contributed by atoms with van der Waals surface area (Å²) in [7, 11) is 0. The number of ketones is 1. The van der Waals surface area contributed by atoms with Gasteiger partial charge in [-0.1, -0.05) is 6.92 Å². The molecule has 10 heavy (non-hydrogen) atoms. The van der Waals surface area contributed by atoms with Gasteiger partial charge in [0.05, 0.1) is 0 Å². The Morgan fingerprint density at radius 2 is 1.20 bits per heavy atom. The van der Waals surface area contributed by atoms with E-state index in [0.717, 1.165) is 0 Å². The van der Waals surface area contributed by atoms with Crippen molar-refractivity contribution in [3.8, 4) is 0 Å². The van der Waals surface area contributed by atoms with E-state index in [1.54, 1.807) is 6.92 Å². The zero-order chi connectivity index (χ0) is 4.28. The maximum absolute atomic E-state index is 9.81. The maximum Gasteiger partial charge on any atom is 3.00 e. The molecule has 0 aliphatic carbocycles. The van der Waals surface area contributed by atoms with E-state index in [4.69, 9.17) is 0 Å². The summed E-state index contributed by atoms with van der Waals surface area (Å²) in [4.78, 5) is 9.81. The Bertz CT molecular complexity index is 50.5. The maximum atomic E-state index is 9.81. The second-order valence-corrected chi connectivity index (χ2v) is 1.06. The molecule has 0 saturated heterocycles. The zero-order valence-corrected chi connectivity index (χ0v) is 12.1. The molecule has 56 valence electrons. The van der Waals surface area contributed by atoms with Gasteiger partial charge in [-0.25, -0.2) is 0 Å². The fourth-order valence-corrected chi connectivity index (χ4v) is 0. The molecular formula is C4H8Ce2O4. The van der Waals surface area contributed by atoms with E-state index in [1.807, 2.05) is 6.92 Å². The molecule has 0 atom stereocenters. The number of hydrogen-bond acceptors (Lipinski definition) is 1. The average molecular weight is 400 g/mol. The largest absolute Gasteiger partial charge is 3.00 e. The van der Waals surface area contributed by atoms with Gasteiger partial charge in [0.15, 0.2) is 0 Å². The summed E-state index contributed by atoms with van der Waals surface area (Å²) in [6.45, 7) is 3.43. The van der Waals surface area contributed by atoms with Crippen molar-refractivity contribution < 1.29 is 105 Å². The third-order valence-corrected chi connectivity index (χ3v) is 0.498. The Labute approximate surface area is 128 Å². The van der Waals surface area contributed by atoms with Gasteiger partial charge in [0.25, 0.3) is 0 Å². The van der Waals surface area contributed by atoms with Crippen LogP contribution in [0.4, 0.5) is 0 Å². The summed E-state index contributed by atoms with van der Waals surface area (Å²) in [6, 6.07) is 0. The van der Waals surface area contributed by atoms with Crippen LogP contribution >= 0.6 is 0 Å². The van der Waals surface area contributed by atoms with Gasteiger partial charge in [-0.2, -0.15) is 0 Å². The molecule has 0 N–H and O–H groups in total. The van der Waals surface area contributed by atoms with Crippen molar-refractivity contribution in [1.29, 1.82) is 0 Å². The molecule has 0 saturated carbocycles. The Morgan fingerprint density at radius 3 is 1.20 bits per heavy atom. The van der Waals surface area contributed by atoms with Crippen molar-refractivity contribution in [2.24, 2.45) is 0 Å². The summed E-state index contributed by atoms with van der Waals surface area (Å²) in [5.41, 5.74) is 0. The molecule has 0 aromatic rings. The number of Topliss-reactive ketones (excluding diaryl/α,β-unsaturated/α-hetero) is 1. The van der Waals surface area contributed by atoms with Crippen molar-refractivity contribution >= 4 is 5.78 Å². The SMILES string of the molecule is CCC(C)=O.[Ce+3].[Ce+3].[O-2].[O-2].[O-2]. The van der Waals surface area contributed by atoms with Crippen molar-refractivity contribution in [3.63, 3.8) is 0 Å². The minimum absolute atomic E-state index is 0. The molecule has 0 heterocycles. The molecule has 4 nitrogen and oxygen atoms in total. The number of hydrogen-bond donors (Lipinski definition) is 0. The van der Waals surface area contributed by atoms with Gasteiger partial charge in [0.2, 0.25) is 0 Å². The Morgan fingerprint density at radius 1 is 1.10 bits per heavy atom. The first kappa shape index (κ1) is 39.6. The van der Waals surface area contributed by atoms with Gasteiger partial charge < -0.3 is 21.2 Å². The van der Waals surface area contributed by atoms with Crippen LogP contribution in [-0.4, -0.2) is 5.78 Å². The van der Waals surface area contributed by atoms with Crippen LogP contribution in [-0.2, 0) is 21.2 Å². The van der Waals surface area contributed by atoms with E-state index in [2.05, 4.69) is 0 Å². The van der Waals surface area contributed by atoms with Crippen LogP contribution in [0.15, 0.2) is 0 Å². The molecule has 0 aromatic heterocycles. The van der Waals surface area contributed by atoms with Crippen LogP contribution in [0, 0.1) is 83.5 Å². The fourth-order valence-electron chi connectivity index (χ4n) is 0. The van der Waals surface area contributed by atoms with Gasteiger partial charge in [0.1, 0.15) is 5.78 Å². The van der Waals surface area contributed by atoms with Crippen LogP contribution in [0.5, 0.6) is 0 Å². The number of carbonyl (C=O) groups excluding carboxylic acids is 1. The topological polar surface area (TPSA) is 103 Å². The Kier molecular flexibility index (Phi) is 119. The second kappa shape index (κ2) is 30.2. The third-order valence-electron chi connectivity index (χ3n) is 0.498. The molecule has 0 unspecified atom stereocenters. The van der Waals surface area contributed by atoms with E-state index >= 15 is 0 Å². The second-order valence-electron chi connectivity index (χ2n) is 1.06. The van der Waals surface area contributed by atoms with E-state index in [-0.39, 0.29) is 106 Å². The fraction of sp³-hybridized carbons (Fsp3) is 0.750. The predicted octanol–water partition coefficient (Wildman–Crippen LogP) is 0.629. The average Bonchev–Trinajstić information content (AvgIpc) is 1.38. The first-order chi connectivity index (χ1) is 2.27. The van der Waals surface area contributed by atoms with Crippen LogP contribution < -0.4 is 0 Å². The number of rotatable bonds is 1. The van der Waals surface area contributed by atoms with Gasteiger partial charge in [-0.3, -0.25) is 0 Å². The van der Waals surface area contributed by atoms with Gasteiger partial charge in [0, 0.05) is 6.42 Å². The molecule has 0 spiro atoms. The van der Waals surface area contributed by atoms with Crippen LogP contribution in [0.1, 0.15) is 20.3 Å². The molecule has 0 aromatic carbocycles. The third kappa shape index (κ3) is 48.2. The van der Waals surface area contributed by atoms with Crippen molar-refractivity contribution in [3.05, 3.63) is 0 Å². The standard InChI is InChI=1S/C4H8O.2Ce.3O/c1-3-4(2)5;;;;;/h3H2,1-2H3;;;;;/q;2*+3;3*-2. The monoisotopic (exact) mass is 400 g/mol. The van der Waals surface area contributed by atoms with Gasteiger partial charge >= 0.3 is 83.5 Å². The quantitative estimate of drug-likeness (QED) is 0.633. The molecule has 0 amide bonds. The van der Waals surface area contributed by atoms with E-state index in [0.29, 0.717) is 6.42 Å². The van der Waals surface area contributed by atoms with Gasteiger partial charge in [-0.05, 0) is 6.92 Å². The summed E-state index contributed by atoms with van der Waals surface area (Å²) < 4.78 is 0. The molecule has 0 aliphatic rings. The van der Waals surface area contributed by atoms with Gasteiger partial charge in [-0.15, -0.1) is 0 Å². The molecular weight excluding hydrogens is 392 g/mol. The predicted molar refractivity (Wildman–Crippen MR) is 23.0 cm³/mol. The summed E-state index contributed by atoms with van der Waals surface area (Å²) in [5.74, 6) is 0.255. The Hall–Kier alpha value is 2.30. The summed E-state index contributed by atoms with van der Waals surface area (Å²) in [6.07, 6.45) is 0.667. The molecule has 6 heteroatoms. The Balaban J connectivity index is -0.00000000800. The molecule has 0 fully saturated rings. The minimum atomic E-state index is 0. The van der Waals surface area contributed by atoms with Crippen LogP contribution in [0.3, 0.4) is 0 Å². The van der Waals surface area contributed by atoms with Crippen molar-refractivity contribution in [1.82, 2.24) is 0 Å². The van der Waals surface area contributed by atoms with E-state index in [1.165, 1.54) is 0 Å². The van der Waals surface area contributed by atoms with Crippen LogP contribution in [0.2, 0.25) is 0 Å². The van der Waals surface area contributed by atoms with E-state index in [9.17, 15) is 4.79 Å². The van der Waals surface area contributed by atoms with E-state index < -0.39 is 0 Å². The molecule has 0 rings (SSSR count). The first-order valence-corrected chi connectivity index (χ1v) is 1.76. The molecule has 2 radical (unpaired) electrons. The normalized spacial score (nSPS) is 3.80. The first-order valence-electron chi connectivity index (χ1n) is 1.76. The summed E-state index contributed by atoms with van der Waals surface area (Å²) in [5, 5.41) is 0. The number of carbonyl (C=O) groups is 1. The smallest absolute Gasteiger partial charge is 2.00 e. The van der Waals surface area contributed by atoms with Crippen LogP contribution in [0.25, 0.3) is 0 Å². The van der Waals surface area contributed by atoms with Crippen molar-refractivity contribution in [2.75, 3.05) is 0 Å².